The van der Waals surface area contributed by atoms with Gasteiger partial charge in [0.2, 0.25) is 0 Å². The molecule has 1 aromatic heterocycles. The highest BCUT2D eigenvalue weighted by Crippen LogP contribution is 2.38. The largest absolute Gasteiger partial charge is 0.401 e. The van der Waals surface area contributed by atoms with Crippen LogP contribution >= 0.6 is 0 Å². The molecule has 1 unspecified atom stereocenters. The molecule has 1 saturated heterocycles. The number of alkyl halides is 3. The Bertz CT molecular complexity index is 1170. The van der Waals surface area contributed by atoms with Crippen molar-refractivity contribution in [1.82, 2.24) is 15.3 Å². The van der Waals surface area contributed by atoms with E-state index >= 15 is 0 Å². The quantitative estimate of drug-likeness (QED) is 0.195. The van der Waals surface area contributed by atoms with Gasteiger partial charge in [-0.05, 0) is 73.4 Å². The minimum absolute atomic E-state index is 0.0380. The molecule has 9 heteroatoms. The standard InChI is InChI=1S/C25H31F3N6/c1-15-11-16(2)23-20(7-9-31-23)21(15)12-19-8-10-34(14-25(26,27)28)13-22(19)17-3-5-18(6-4-17)24(32-29)33-30/h3-7,9,11,19,22,31H,8,10,12-14,29-30H2,1-2H3,(H,32,33)/t19?,22-/m0/s1. The molecule has 6 nitrogen and oxygen atoms in total. The molecule has 2 aromatic carbocycles. The van der Waals surface area contributed by atoms with E-state index in [4.69, 9.17) is 11.7 Å². The van der Waals surface area contributed by atoms with Gasteiger partial charge < -0.3 is 16.3 Å². The molecule has 1 aliphatic rings. The van der Waals surface area contributed by atoms with Crippen molar-refractivity contribution in [3.8, 4) is 0 Å². The molecule has 4 rings (SSSR count). The third-order valence-electron chi connectivity index (χ3n) is 6.96. The second kappa shape index (κ2) is 9.68. The predicted molar refractivity (Wildman–Crippen MR) is 129 cm³/mol. The Kier molecular flexibility index (Phi) is 6.86. The second-order valence-corrected chi connectivity index (χ2v) is 9.21. The number of hydrogen-bond donors (Lipinski definition) is 4. The Labute approximate surface area is 197 Å². The zero-order valence-corrected chi connectivity index (χ0v) is 19.4. The lowest BCUT2D eigenvalue weighted by molar-refractivity contribution is -0.149. The molecule has 2 atom stereocenters. The molecule has 0 bridgehead atoms. The van der Waals surface area contributed by atoms with E-state index in [-0.39, 0.29) is 11.8 Å². The topological polar surface area (TPSA) is 95.5 Å². The van der Waals surface area contributed by atoms with Crippen molar-refractivity contribution in [3.05, 3.63) is 70.4 Å². The summed E-state index contributed by atoms with van der Waals surface area (Å²) in [6, 6.07) is 11.9. The molecule has 0 amide bonds. The van der Waals surface area contributed by atoms with Crippen LogP contribution in [0, 0.1) is 19.8 Å². The first-order chi connectivity index (χ1) is 16.2. The number of aryl methyl sites for hydroxylation is 2. The number of rotatable bonds is 5. The number of hydrazine groups is 1. The monoisotopic (exact) mass is 472 g/mol. The van der Waals surface area contributed by atoms with E-state index < -0.39 is 12.7 Å². The second-order valence-electron chi connectivity index (χ2n) is 9.21. The van der Waals surface area contributed by atoms with Gasteiger partial charge in [0.1, 0.15) is 0 Å². The van der Waals surface area contributed by atoms with Gasteiger partial charge in [0, 0.05) is 29.2 Å². The van der Waals surface area contributed by atoms with Gasteiger partial charge in [0.05, 0.1) is 6.54 Å². The smallest absolute Gasteiger partial charge is 0.361 e. The summed E-state index contributed by atoms with van der Waals surface area (Å²) in [5.41, 5.74) is 8.98. The summed E-state index contributed by atoms with van der Waals surface area (Å²) in [7, 11) is 0. The average molecular weight is 473 g/mol. The third-order valence-corrected chi connectivity index (χ3v) is 6.96. The zero-order valence-electron chi connectivity index (χ0n) is 19.4. The molecule has 0 radical (unpaired) electrons. The summed E-state index contributed by atoms with van der Waals surface area (Å²) < 4.78 is 39.5. The Hall–Kier alpha value is -3.04. The number of amidine groups is 1. The number of fused-ring (bicyclic) bond motifs is 1. The molecule has 1 aliphatic heterocycles. The van der Waals surface area contributed by atoms with Crippen LogP contribution in [-0.4, -0.2) is 41.5 Å². The number of nitrogens with two attached hydrogens (primary N) is 2. The number of benzene rings is 2. The molecule has 34 heavy (non-hydrogen) atoms. The number of piperidine rings is 1. The fourth-order valence-electron chi connectivity index (χ4n) is 5.35. The van der Waals surface area contributed by atoms with Gasteiger partial charge in [0.15, 0.2) is 5.84 Å². The summed E-state index contributed by atoms with van der Waals surface area (Å²) >= 11 is 0. The van der Waals surface area contributed by atoms with Crippen LogP contribution in [0.3, 0.4) is 0 Å². The summed E-state index contributed by atoms with van der Waals surface area (Å²) in [6.07, 6.45) is -0.760. The lowest BCUT2D eigenvalue weighted by Crippen LogP contribution is -2.44. The van der Waals surface area contributed by atoms with Crippen LogP contribution in [0.2, 0.25) is 0 Å². The van der Waals surface area contributed by atoms with Crippen molar-refractivity contribution in [1.29, 1.82) is 0 Å². The van der Waals surface area contributed by atoms with Crippen LogP contribution in [0.1, 0.15) is 40.2 Å². The number of nitrogens with one attached hydrogen (secondary N) is 2. The third kappa shape index (κ3) is 5.05. The summed E-state index contributed by atoms with van der Waals surface area (Å²) in [6.45, 7) is 4.11. The summed E-state index contributed by atoms with van der Waals surface area (Å²) in [4.78, 5) is 4.85. The van der Waals surface area contributed by atoms with Gasteiger partial charge in [0.25, 0.3) is 0 Å². The highest BCUT2D eigenvalue weighted by atomic mass is 19.4. The number of H-pyrrole nitrogens is 1. The normalized spacial score (nSPS) is 20.1. The van der Waals surface area contributed by atoms with Crippen molar-refractivity contribution in [2.45, 2.75) is 38.8 Å². The van der Waals surface area contributed by atoms with Crippen molar-refractivity contribution in [2.24, 2.45) is 22.7 Å². The number of likely N-dealkylation sites (tertiary alicyclic amines) is 1. The fourth-order valence-corrected chi connectivity index (χ4v) is 5.35. The number of hydrogen-bond acceptors (Lipinski definition) is 4. The SMILES string of the molecule is Cc1cc(C)c2[nH]ccc2c1CC1CCN(CC(F)(F)F)C[C@H]1c1ccc(/C(=N/N)NN)cc1. The van der Waals surface area contributed by atoms with E-state index in [9.17, 15) is 13.2 Å². The van der Waals surface area contributed by atoms with Gasteiger partial charge in [-0.15, -0.1) is 0 Å². The molecule has 3 aromatic rings. The van der Waals surface area contributed by atoms with Crippen LogP contribution in [0.4, 0.5) is 13.2 Å². The highest BCUT2D eigenvalue weighted by molar-refractivity contribution is 5.98. The van der Waals surface area contributed by atoms with Gasteiger partial charge >= 0.3 is 6.18 Å². The molecule has 1 fully saturated rings. The number of halogens is 3. The van der Waals surface area contributed by atoms with Crippen LogP contribution < -0.4 is 17.1 Å². The summed E-state index contributed by atoms with van der Waals surface area (Å²) in [5.74, 6) is 11.4. The maximum absolute atomic E-state index is 13.2. The van der Waals surface area contributed by atoms with E-state index in [1.54, 1.807) is 0 Å². The molecule has 6 N–H and O–H groups in total. The Morgan fingerprint density at radius 1 is 1.18 bits per heavy atom. The van der Waals surface area contributed by atoms with Crippen molar-refractivity contribution < 1.29 is 13.2 Å². The zero-order chi connectivity index (χ0) is 24.5. The van der Waals surface area contributed by atoms with E-state index in [1.165, 1.54) is 27.0 Å². The van der Waals surface area contributed by atoms with Gasteiger partial charge in [-0.25, -0.2) is 5.84 Å². The van der Waals surface area contributed by atoms with Crippen molar-refractivity contribution in [3.63, 3.8) is 0 Å². The fraction of sp³-hybridized carbons (Fsp3) is 0.400. The molecule has 182 valence electrons. The van der Waals surface area contributed by atoms with Crippen LogP contribution in [0.5, 0.6) is 0 Å². The number of aromatic amines is 1. The minimum atomic E-state index is -4.22. The molecular formula is C25H31F3N6. The minimum Gasteiger partial charge on any atom is -0.361 e. The lowest BCUT2D eigenvalue weighted by Gasteiger charge is -2.39. The van der Waals surface area contributed by atoms with E-state index in [2.05, 4.69) is 41.5 Å². The maximum atomic E-state index is 13.2. The maximum Gasteiger partial charge on any atom is 0.401 e. The Morgan fingerprint density at radius 2 is 1.91 bits per heavy atom. The van der Waals surface area contributed by atoms with Gasteiger partial charge in [-0.2, -0.15) is 18.3 Å². The van der Waals surface area contributed by atoms with Crippen LogP contribution in [-0.2, 0) is 6.42 Å². The average Bonchev–Trinajstić information content (AvgIpc) is 3.28. The predicted octanol–water partition coefficient (Wildman–Crippen LogP) is 4.08. The van der Waals surface area contributed by atoms with Crippen molar-refractivity contribution in [2.75, 3.05) is 19.6 Å². The molecule has 0 aliphatic carbocycles. The first-order valence-electron chi connectivity index (χ1n) is 11.4. The number of hydrazone groups is 1. The van der Waals surface area contributed by atoms with Crippen LogP contribution in [0.25, 0.3) is 10.9 Å². The van der Waals surface area contributed by atoms with Crippen LogP contribution in [0.15, 0.2) is 47.7 Å². The van der Waals surface area contributed by atoms with E-state index in [0.717, 1.165) is 23.1 Å². The molecule has 2 heterocycles. The first kappa shape index (κ1) is 24.1. The van der Waals surface area contributed by atoms with E-state index in [0.29, 0.717) is 25.3 Å². The number of aromatic nitrogens is 1. The molecule has 0 spiro atoms. The summed E-state index contributed by atoms with van der Waals surface area (Å²) in [5, 5.41) is 4.82. The first-order valence-corrected chi connectivity index (χ1v) is 11.4. The van der Waals surface area contributed by atoms with E-state index in [1.807, 2.05) is 30.5 Å². The molecule has 0 saturated carbocycles. The number of nitrogens with zero attached hydrogens (tertiary/aromatic N) is 2. The lowest BCUT2D eigenvalue weighted by atomic mass is 9.76. The molecular weight excluding hydrogens is 441 g/mol. The highest BCUT2D eigenvalue weighted by Gasteiger charge is 2.37. The Morgan fingerprint density at radius 3 is 2.56 bits per heavy atom. The Balaban J connectivity index is 1.66. The van der Waals surface area contributed by atoms with Gasteiger partial charge in [-0.3, -0.25) is 4.90 Å². The van der Waals surface area contributed by atoms with Crippen molar-refractivity contribution >= 4 is 16.7 Å². The van der Waals surface area contributed by atoms with Gasteiger partial charge in [-0.1, -0.05) is 30.3 Å².